The second kappa shape index (κ2) is 100. The van der Waals surface area contributed by atoms with Gasteiger partial charge in [-0.2, -0.15) is 0 Å². The summed E-state index contributed by atoms with van der Waals surface area (Å²) in [5.41, 5.74) is 20.4. The average Bonchev–Trinajstić information content (AvgIpc) is 0.857. The molecule has 0 N–H and O–H groups in total. The largest absolute Gasteiger partial charge is 0.497 e. The molecule has 5 heteroatoms. The van der Waals surface area contributed by atoms with E-state index in [0.717, 1.165) is 30.3 Å². The molecule has 10 aromatic carbocycles. The van der Waals surface area contributed by atoms with Gasteiger partial charge >= 0.3 is 5.97 Å². The van der Waals surface area contributed by atoms with Crippen molar-refractivity contribution in [2.75, 3.05) is 14.2 Å². The molecule has 10 aromatic rings. The van der Waals surface area contributed by atoms with Gasteiger partial charge in [0.15, 0.2) is 0 Å². The van der Waals surface area contributed by atoms with E-state index in [4.69, 9.17) is 25.8 Å². The molecule has 0 radical (unpaired) electrons. The first kappa shape index (κ1) is 181. The Morgan fingerprint density at radius 1 is 0.292 bits per heavy atom. The third kappa shape index (κ3) is 71.2. The maximum absolute atomic E-state index is 10.7. The number of hydrogen-bond donors (Lipinski definition) is 0. The Labute approximate surface area is 914 Å². The van der Waals surface area contributed by atoms with E-state index in [2.05, 4.69) is 374 Å². The first-order valence-electron chi connectivity index (χ1n) is 47.8. The second-order valence-electron chi connectivity index (χ2n) is 36.7. The minimum Gasteiger partial charge on any atom is -0.497 e. The van der Waals surface area contributed by atoms with E-state index in [-0.39, 0.29) is 165 Å². The Morgan fingerprint density at radius 2 is 0.556 bits per heavy atom. The summed E-state index contributed by atoms with van der Waals surface area (Å²) in [4.78, 5) is 10.5. The smallest absolute Gasteiger partial charge is 0.308 e. The molecule has 0 heterocycles. The highest BCUT2D eigenvalue weighted by atomic mass is 35.5. The van der Waals surface area contributed by atoms with Gasteiger partial charge < -0.3 is 14.2 Å². The van der Waals surface area contributed by atoms with Crippen LogP contribution in [0.1, 0.15) is 569 Å². The molecule has 1 fully saturated rings. The van der Waals surface area contributed by atoms with Crippen molar-refractivity contribution in [2.45, 2.75) is 514 Å². The van der Waals surface area contributed by atoms with Crippen LogP contribution < -0.4 is 14.2 Å². The number of methoxy groups -OCH3 is 2. The lowest BCUT2D eigenvalue weighted by Gasteiger charge is -2.22. The summed E-state index contributed by atoms with van der Waals surface area (Å²) in [6.07, 6.45) is 18.9. The first-order valence-corrected chi connectivity index (χ1v) is 48.2. The van der Waals surface area contributed by atoms with Crippen LogP contribution >= 0.6 is 11.6 Å². The fraction of sp³-hybridized carbons (Fsp3) is 0.561. The van der Waals surface area contributed by atoms with E-state index in [1.165, 1.54) is 163 Å². The van der Waals surface area contributed by atoms with Crippen molar-refractivity contribution >= 4 is 17.6 Å². The lowest BCUT2D eigenvalue weighted by atomic mass is 9.82. The molecule has 840 valence electrons. The van der Waals surface area contributed by atoms with Gasteiger partial charge in [-0.1, -0.05) is 571 Å². The summed E-state index contributed by atoms with van der Waals surface area (Å²) >= 11 is 6.25. The van der Waals surface area contributed by atoms with Gasteiger partial charge in [-0.15, -0.1) is 11.6 Å². The van der Waals surface area contributed by atoms with Crippen molar-refractivity contribution in [1.82, 2.24) is 0 Å². The molecule has 0 amide bonds. The number of rotatable bonds is 25. The maximum Gasteiger partial charge on any atom is 0.308 e. The van der Waals surface area contributed by atoms with Crippen LogP contribution in [-0.4, -0.2) is 20.2 Å². The van der Waals surface area contributed by atoms with Gasteiger partial charge in [-0.05, 0) is 270 Å². The van der Waals surface area contributed by atoms with Crippen LogP contribution in [-0.2, 0) is 20.5 Å². The predicted molar refractivity (Wildman–Crippen MR) is 683 cm³/mol. The number of ether oxygens (including phenoxy) is 3. The molecule has 9 unspecified atom stereocenters. The van der Waals surface area contributed by atoms with Crippen molar-refractivity contribution in [3.05, 3.63) is 339 Å². The molecule has 1 aliphatic carbocycles. The van der Waals surface area contributed by atoms with Gasteiger partial charge in [0.05, 0.1) is 19.1 Å². The summed E-state index contributed by atoms with van der Waals surface area (Å²) in [5.74, 6) is 9.05. The second-order valence-corrected chi connectivity index (χ2v) is 37.6. The van der Waals surface area contributed by atoms with Gasteiger partial charge in [0, 0.05) is 6.92 Å². The molecule has 0 bridgehead atoms. The Morgan fingerprint density at radius 3 is 0.847 bits per heavy atom. The number of aryl methyl sites for hydroxylation is 1. The number of alkyl halides is 1. The fourth-order valence-corrected chi connectivity index (χ4v) is 13.7. The summed E-state index contributed by atoms with van der Waals surface area (Å²) < 4.78 is 15.2. The van der Waals surface area contributed by atoms with Crippen LogP contribution in [0, 0.1) is 6.92 Å². The molecule has 0 saturated heterocycles. The normalized spacial score (nSPS) is 12.0. The number of carbonyl (C=O) groups is 1. The highest BCUT2D eigenvalue weighted by Gasteiger charge is 2.21. The van der Waals surface area contributed by atoms with Crippen LogP contribution in [0.4, 0.5) is 0 Å². The molecule has 0 aromatic heterocycles. The molecule has 144 heavy (non-hydrogen) atoms. The maximum atomic E-state index is 10.7. The van der Waals surface area contributed by atoms with Crippen LogP contribution in [0.15, 0.2) is 261 Å². The summed E-state index contributed by atoms with van der Waals surface area (Å²) in [7, 11) is 3.40. The molecule has 0 aliphatic heterocycles. The van der Waals surface area contributed by atoms with Gasteiger partial charge in [0.25, 0.3) is 0 Å². The first-order chi connectivity index (χ1) is 59.0. The quantitative estimate of drug-likeness (QED) is 0.0325. The van der Waals surface area contributed by atoms with E-state index in [0.29, 0.717) is 64.4 Å². The van der Waals surface area contributed by atoms with Crippen LogP contribution in [0.3, 0.4) is 0 Å². The van der Waals surface area contributed by atoms with E-state index >= 15 is 0 Å². The zero-order valence-corrected chi connectivity index (χ0v) is 84.5. The minimum absolute atomic E-state index is 0. The molecule has 0 spiro atoms. The van der Waals surface area contributed by atoms with Gasteiger partial charge in [-0.3, -0.25) is 4.79 Å². The van der Waals surface area contributed by atoms with E-state index in [9.17, 15) is 4.79 Å². The van der Waals surface area contributed by atoms with Crippen molar-refractivity contribution in [3.63, 3.8) is 0 Å². The van der Waals surface area contributed by atoms with E-state index < -0.39 is 0 Å². The lowest BCUT2D eigenvalue weighted by molar-refractivity contribution is -0.131. The fourth-order valence-electron chi connectivity index (χ4n) is 13.6. The third-order valence-electron chi connectivity index (χ3n) is 25.6. The number of hydrogen-bond acceptors (Lipinski definition) is 4. The van der Waals surface area contributed by atoms with Crippen molar-refractivity contribution in [3.8, 4) is 17.2 Å². The standard InChI is InChI=1S/C16H24.C14H22.C13H20.C12H16O2.2C11H16O.2C11H16.C10H13Cl.C10H14.20CH4/c1-3-13(2)14-9-11-16(12-10-14)15-7-5-4-6-8-15;1-6-11(2)12-7-9-13(10-8-12)14(3,4)5;1-5-11(4)13-8-6-12(7-9-13)10(2)3;1-4-9(2)11-5-7-12(8-6-11)14-10(3)13;1-4-9(2)10-5-7-11(12-3)8-6-10;1-4-9(2)10-6-5-7-11(8-10)12-3;1-4-10(3)11-7-5-9(2)6-8-11;1-4-11(2,3)10-8-6-5-7-9-10;1-3-10(2,11)9-7-5-4-6-8-9;1-3-9(2)10-7-5-4-6-8-10;;;;;;;;;;;;;;;;;;;;/h9-13,15H,3-8H2,1-2H3;7-11H,6H2,1-5H3;6-11H,5H2,1-4H3;5-9H,4H2,1-3H3;2*5-9H,4H2,1-3H3;5-8,10H,4H2,1-3H3;5-9H,4H2,1-3H3;4-8H,3H2,1-2H3;4-9H,3H2,1-2H3;20*1H4. The zero-order chi connectivity index (χ0) is 92.8. The zero-order valence-electron chi connectivity index (χ0n) is 83.7. The molecular weight excluding hydrogens is 1770 g/mol. The SMILES string of the molecule is C.C.C.C.C.C.C.C.C.C.C.C.C.C.C.C.C.C.C.C.CCC(C)(C)c1ccccc1.CCC(C)(Cl)c1ccccc1.CCC(C)c1ccc(C(C)(C)C)cc1.CCC(C)c1ccc(C(C)C)cc1.CCC(C)c1ccc(C)cc1.CCC(C)c1ccc(C2CCCCC2)cc1.CCC(C)c1ccc(OC(C)=O)cc1.CCC(C)c1ccc(OC)cc1.CCC(C)c1cccc(OC)c1.CCC(C)c1ccccc1. The number of esters is 1. The summed E-state index contributed by atoms with van der Waals surface area (Å²) in [5, 5.41) is 0. The van der Waals surface area contributed by atoms with Gasteiger partial charge in [0.1, 0.15) is 17.2 Å². The average molecular weight is 2020 g/mol. The molecular formula is C139H253ClO4. The van der Waals surface area contributed by atoms with Crippen LogP contribution in [0.2, 0.25) is 0 Å². The monoisotopic (exact) mass is 2020 g/mol. The van der Waals surface area contributed by atoms with Gasteiger partial charge in [0.2, 0.25) is 0 Å². The predicted octanol–water partition coefficient (Wildman–Crippen LogP) is 50.0. The van der Waals surface area contributed by atoms with Crippen LogP contribution in [0.5, 0.6) is 17.2 Å². The lowest BCUT2D eigenvalue weighted by Crippen LogP contribution is -2.14. The third-order valence-corrected chi connectivity index (χ3v) is 26.0. The number of carbonyl (C=O) groups excluding carboxylic acids is 1. The minimum atomic E-state index is -0.277. The summed E-state index contributed by atoms with van der Waals surface area (Å²) in [6, 6.07) is 92.1. The van der Waals surface area contributed by atoms with Crippen molar-refractivity contribution in [2.24, 2.45) is 0 Å². The molecule has 4 nitrogen and oxygen atoms in total. The molecule has 1 saturated carbocycles. The van der Waals surface area contributed by atoms with Gasteiger partial charge in [-0.25, -0.2) is 0 Å². The highest BCUT2D eigenvalue weighted by molar-refractivity contribution is 6.23. The Hall–Kier alpha value is -8.44. The van der Waals surface area contributed by atoms with E-state index in [1.807, 2.05) is 73.7 Å². The molecule has 1 aliphatic rings. The highest BCUT2D eigenvalue weighted by Crippen LogP contribution is 2.36. The van der Waals surface area contributed by atoms with Crippen molar-refractivity contribution in [1.29, 1.82) is 0 Å². The molecule has 11 rings (SSSR count). The Balaban J connectivity index is -0.0000000700. The Bertz CT molecular complexity index is 4210. The van der Waals surface area contributed by atoms with E-state index in [1.54, 1.807) is 19.8 Å². The van der Waals surface area contributed by atoms with Crippen molar-refractivity contribution < 1.29 is 19.0 Å². The Kier molecular flexibility index (Phi) is 126. The van der Waals surface area contributed by atoms with Crippen LogP contribution in [0.25, 0.3) is 0 Å². The number of benzene rings is 10. The summed E-state index contributed by atoms with van der Waals surface area (Å²) in [6.45, 7) is 61.5. The topological polar surface area (TPSA) is 44.8 Å². The number of halogens is 1. The molecule has 9 atom stereocenters.